The van der Waals surface area contributed by atoms with Crippen LogP contribution in [-0.2, 0) is 4.74 Å². The molecule has 0 N–H and O–H groups in total. The number of rotatable bonds is 3. The van der Waals surface area contributed by atoms with Crippen LogP contribution in [0.1, 0.15) is 46.0 Å². The van der Waals surface area contributed by atoms with Crippen molar-refractivity contribution in [2.75, 3.05) is 13.7 Å². The summed E-state index contributed by atoms with van der Waals surface area (Å²) in [5.41, 5.74) is 0. The van der Waals surface area contributed by atoms with Crippen molar-refractivity contribution in [2.24, 2.45) is 5.92 Å². The summed E-state index contributed by atoms with van der Waals surface area (Å²) in [5.74, 6) is 0.963. The van der Waals surface area contributed by atoms with Gasteiger partial charge in [0.1, 0.15) is 0 Å². The summed E-state index contributed by atoms with van der Waals surface area (Å²) in [6.45, 7) is 5.19. The standard InChI is InChI=1S/C13H25NO/c1-10(2)15-9-12-8-11-6-4-5-7-13(11)14(12)3/h10-13H,4-9H2,1-3H3. The molecule has 0 aromatic rings. The normalized spacial score (nSPS) is 37.2. The summed E-state index contributed by atoms with van der Waals surface area (Å²) in [5, 5.41) is 0. The topological polar surface area (TPSA) is 12.5 Å². The van der Waals surface area contributed by atoms with Gasteiger partial charge in [0.15, 0.2) is 0 Å². The van der Waals surface area contributed by atoms with E-state index >= 15 is 0 Å². The fourth-order valence-electron chi connectivity index (χ4n) is 3.27. The van der Waals surface area contributed by atoms with Gasteiger partial charge in [0.2, 0.25) is 0 Å². The summed E-state index contributed by atoms with van der Waals surface area (Å²) >= 11 is 0. The third-order valence-corrected chi connectivity index (χ3v) is 4.16. The third kappa shape index (κ3) is 2.54. The highest BCUT2D eigenvalue weighted by molar-refractivity contribution is 4.94. The van der Waals surface area contributed by atoms with E-state index in [4.69, 9.17) is 4.74 Å². The lowest BCUT2D eigenvalue weighted by atomic mass is 9.85. The molecule has 0 bridgehead atoms. The van der Waals surface area contributed by atoms with Gasteiger partial charge in [-0.25, -0.2) is 0 Å². The largest absolute Gasteiger partial charge is 0.377 e. The van der Waals surface area contributed by atoms with Crippen LogP contribution in [0.5, 0.6) is 0 Å². The van der Waals surface area contributed by atoms with Crippen LogP contribution in [0, 0.1) is 5.92 Å². The molecule has 88 valence electrons. The Labute approximate surface area is 94.0 Å². The molecule has 15 heavy (non-hydrogen) atoms. The molecule has 2 aliphatic rings. The number of likely N-dealkylation sites (N-methyl/N-ethyl adjacent to an activating group) is 1. The van der Waals surface area contributed by atoms with Crippen molar-refractivity contribution in [3.05, 3.63) is 0 Å². The highest BCUT2D eigenvalue weighted by atomic mass is 16.5. The quantitative estimate of drug-likeness (QED) is 0.711. The number of hydrogen-bond donors (Lipinski definition) is 0. The minimum Gasteiger partial charge on any atom is -0.377 e. The van der Waals surface area contributed by atoms with Crippen molar-refractivity contribution in [3.8, 4) is 0 Å². The Bertz CT molecular complexity index is 205. The maximum Gasteiger partial charge on any atom is 0.0625 e. The average molecular weight is 211 g/mol. The minimum atomic E-state index is 0.376. The van der Waals surface area contributed by atoms with E-state index in [0.717, 1.165) is 18.6 Å². The Kier molecular flexibility index (Phi) is 3.68. The molecule has 1 saturated heterocycles. The van der Waals surface area contributed by atoms with Crippen LogP contribution in [0.15, 0.2) is 0 Å². The summed E-state index contributed by atoms with van der Waals surface area (Å²) in [4.78, 5) is 2.59. The molecule has 0 radical (unpaired) electrons. The van der Waals surface area contributed by atoms with Crippen LogP contribution in [0.25, 0.3) is 0 Å². The Balaban J connectivity index is 1.86. The van der Waals surface area contributed by atoms with Crippen molar-refractivity contribution in [3.63, 3.8) is 0 Å². The first-order valence-corrected chi connectivity index (χ1v) is 6.52. The number of fused-ring (bicyclic) bond motifs is 1. The minimum absolute atomic E-state index is 0.376. The third-order valence-electron chi connectivity index (χ3n) is 4.16. The monoisotopic (exact) mass is 211 g/mol. The van der Waals surface area contributed by atoms with E-state index in [1.807, 2.05) is 0 Å². The van der Waals surface area contributed by atoms with Crippen LogP contribution in [0.2, 0.25) is 0 Å². The lowest BCUT2D eigenvalue weighted by molar-refractivity contribution is 0.0359. The zero-order chi connectivity index (χ0) is 10.8. The first-order valence-electron chi connectivity index (χ1n) is 6.52. The van der Waals surface area contributed by atoms with Gasteiger partial charge in [-0.2, -0.15) is 0 Å². The number of ether oxygens (including phenoxy) is 1. The van der Waals surface area contributed by atoms with Crippen LogP contribution in [0.4, 0.5) is 0 Å². The molecule has 0 aromatic heterocycles. The zero-order valence-corrected chi connectivity index (χ0v) is 10.4. The van der Waals surface area contributed by atoms with Crippen molar-refractivity contribution in [1.82, 2.24) is 4.90 Å². The zero-order valence-electron chi connectivity index (χ0n) is 10.4. The smallest absolute Gasteiger partial charge is 0.0625 e. The average Bonchev–Trinajstić information content (AvgIpc) is 2.54. The van der Waals surface area contributed by atoms with E-state index in [1.165, 1.54) is 32.1 Å². The highest BCUT2D eigenvalue weighted by Crippen LogP contribution is 2.38. The summed E-state index contributed by atoms with van der Waals surface area (Å²) in [6.07, 6.45) is 7.50. The molecule has 2 nitrogen and oxygen atoms in total. The molecular weight excluding hydrogens is 186 g/mol. The molecule has 2 fully saturated rings. The second-order valence-electron chi connectivity index (χ2n) is 5.55. The van der Waals surface area contributed by atoms with Gasteiger partial charge in [-0.15, -0.1) is 0 Å². The van der Waals surface area contributed by atoms with E-state index in [-0.39, 0.29) is 0 Å². The van der Waals surface area contributed by atoms with Gasteiger partial charge in [0.25, 0.3) is 0 Å². The predicted octanol–water partition coefficient (Wildman–Crippen LogP) is 2.67. The van der Waals surface area contributed by atoms with Crippen molar-refractivity contribution in [2.45, 2.75) is 64.1 Å². The van der Waals surface area contributed by atoms with Crippen LogP contribution in [0.3, 0.4) is 0 Å². The van der Waals surface area contributed by atoms with Crippen molar-refractivity contribution >= 4 is 0 Å². The molecule has 0 spiro atoms. The van der Waals surface area contributed by atoms with Gasteiger partial charge >= 0.3 is 0 Å². The molecule has 1 aliphatic heterocycles. The lowest BCUT2D eigenvalue weighted by Gasteiger charge is -2.30. The van der Waals surface area contributed by atoms with Gasteiger partial charge < -0.3 is 4.74 Å². The molecule has 1 heterocycles. The van der Waals surface area contributed by atoms with Crippen molar-refractivity contribution < 1.29 is 4.74 Å². The molecule has 3 atom stereocenters. The first kappa shape index (κ1) is 11.4. The summed E-state index contributed by atoms with van der Waals surface area (Å²) < 4.78 is 5.76. The van der Waals surface area contributed by atoms with Gasteiger partial charge in [-0.05, 0) is 46.1 Å². The first-order chi connectivity index (χ1) is 7.18. The fraction of sp³-hybridized carbons (Fsp3) is 1.00. The number of likely N-dealkylation sites (tertiary alicyclic amines) is 1. The number of nitrogens with zero attached hydrogens (tertiary/aromatic N) is 1. The van der Waals surface area contributed by atoms with E-state index in [9.17, 15) is 0 Å². The fourth-order valence-corrected chi connectivity index (χ4v) is 3.27. The molecule has 1 saturated carbocycles. The second kappa shape index (κ2) is 4.84. The van der Waals surface area contributed by atoms with Crippen LogP contribution >= 0.6 is 0 Å². The number of hydrogen-bond acceptors (Lipinski definition) is 2. The molecule has 3 unspecified atom stereocenters. The Morgan fingerprint density at radius 2 is 2.00 bits per heavy atom. The van der Waals surface area contributed by atoms with Crippen LogP contribution in [-0.4, -0.2) is 36.7 Å². The molecule has 2 rings (SSSR count). The maximum absolute atomic E-state index is 5.76. The van der Waals surface area contributed by atoms with Gasteiger partial charge in [0.05, 0.1) is 12.7 Å². The molecule has 2 heteroatoms. The van der Waals surface area contributed by atoms with E-state index < -0.39 is 0 Å². The van der Waals surface area contributed by atoms with Crippen molar-refractivity contribution in [1.29, 1.82) is 0 Å². The molecule has 0 amide bonds. The lowest BCUT2D eigenvalue weighted by Crippen LogP contribution is -2.37. The predicted molar refractivity (Wildman–Crippen MR) is 63.0 cm³/mol. The van der Waals surface area contributed by atoms with Gasteiger partial charge in [-0.1, -0.05) is 12.8 Å². The molecule has 1 aliphatic carbocycles. The Morgan fingerprint density at radius 1 is 1.27 bits per heavy atom. The molecular formula is C13H25NO. The SMILES string of the molecule is CC(C)OCC1CC2CCCCC2N1C. The van der Waals surface area contributed by atoms with E-state index in [1.54, 1.807) is 0 Å². The van der Waals surface area contributed by atoms with E-state index in [2.05, 4.69) is 25.8 Å². The second-order valence-corrected chi connectivity index (χ2v) is 5.55. The van der Waals surface area contributed by atoms with Gasteiger partial charge in [-0.3, -0.25) is 4.90 Å². The van der Waals surface area contributed by atoms with Gasteiger partial charge in [0, 0.05) is 12.1 Å². The summed E-state index contributed by atoms with van der Waals surface area (Å²) in [7, 11) is 2.30. The Hall–Kier alpha value is -0.0800. The summed E-state index contributed by atoms with van der Waals surface area (Å²) in [6, 6.07) is 1.54. The van der Waals surface area contributed by atoms with Crippen LogP contribution < -0.4 is 0 Å². The maximum atomic E-state index is 5.76. The Morgan fingerprint density at radius 3 is 2.67 bits per heavy atom. The van der Waals surface area contributed by atoms with E-state index in [0.29, 0.717) is 12.1 Å². The highest BCUT2D eigenvalue weighted by Gasteiger charge is 2.39. The molecule has 0 aromatic carbocycles.